The Labute approximate surface area is 72.4 Å². The number of aliphatic hydroxyl groups is 1. The monoisotopic (exact) mass is 166 g/mol. The summed E-state index contributed by atoms with van der Waals surface area (Å²) in [7, 11) is 1.93. The lowest BCUT2D eigenvalue weighted by molar-refractivity contribution is 0.244. The van der Waals surface area contributed by atoms with E-state index >= 15 is 0 Å². The van der Waals surface area contributed by atoms with Gasteiger partial charge in [0.05, 0.1) is 6.10 Å². The van der Waals surface area contributed by atoms with Crippen molar-refractivity contribution in [1.82, 2.24) is 9.55 Å². The van der Waals surface area contributed by atoms with Crippen LogP contribution in [0, 0.1) is 0 Å². The highest BCUT2D eigenvalue weighted by atomic mass is 16.3. The van der Waals surface area contributed by atoms with Crippen molar-refractivity contribution in [2.45, 2.75) is 20.0 Å². The molecule has 0 amide bonds. The maximum atomic E-state index is 9.10. The molecule has 1 N–H and O–H groups in total. The Hall–Kier alpha value is -1.09. The summed E-state index contributed by atoms with van der Waals surface area (Å²) in [5.41, 5.74) is 0.998. The highest BCUT2D eigenvalue weighted by Crippen LogP contribution is 2.10. The Balaban J connectivity index is 2.92. The van der Waals surface area contributed by atoms with Crippen molar-refractivity contribution >= 4 is 5.57 Å². The highest BCUT2D eigenvalue weighted by molar-refractivity contribution is 5.58. The predicted octanol–water partition coefficient (Wildman–Crippen LogP) is 1.20. The van der Waals surface area contributed by atoms with Crippen LogP contribution in [0.3, 0.4) is 0 Å². The van der Waals surface area contributed by atoms with E-state index in [9.17, 15) is 0 Å². The molecular weight excluding hydrogens is 152 g/mol. The van der Waals surface area contributed by atoms with E-state index in [-0.39, 0.29) is 0 Å². The van der Waals surface area contributed by atoms with Crippen LogP contribution in [-0.4, -0.2) is 20.8 Å². The van der Waals surface area contributed by atoms with Crippen LogP contribution in [0.1, 0.15) is 19.7 Å². The van der Waals surface area contributed by atoms with Crippen LogP contribution < -0.4 is 0 Å². The Morgan fingerprint density at radius 1 is 1.75 bits per heavy atom. The first kappa shape index (κ1) is 9.00. The largest absolute Gasteiger partial charge is 0.389 e. The van der Waals surface area contributed by atoms with Crippen molar-refractivity contribution in [3.63, 3.8) is 0 Å². The minimum Gasteiger partial charge on any atom is -0.389 e. The number of hydrogen-bond acceptors (Lipinski definition) is 2. The number of aromatic nitrogens is 2. The third kappa shape index (κ3) is 1.95. The molecule has 0 saturated heterocycles. The molecule has 0 spiro atoms. The van der Waals surface area contributed by atoms with Crippen molar-refractivity contribution in [2.24, 2.45) is 7.05 Å². The van der Waals surface area contributed by atoms with Crippen molar-refractivity contribution in [3.8, 4) is 0 Å². The van der Waals surface area contributed by atoms with Gasteiger partial charge in [0, 0.05) is 19.4 Å². The van der Waals surface area contributed by atoms with Crippen LogP contribution in [0.2, 0.25) is 0 Å². The van der Waals surface area contributed by atoms with Crippen LogP contribution in [0.15, 0.2) is 18.5 Å². The van der Waals surface area contributed by atoms with Gasteiger partial charge >= 0.3 is 0 Å². The number of allylic oxidation sites excluding steroid dienone is 1. The third-order valence-electron chi connectivity index (χ3n) is 1.67. The second-order valence-corrected chi connectivity index (χ2v) is 2.95. The van der Waals surface area contributed by atoms with Gasteiger partial charge in [-0.05, 0) is 25.5 Å². The van der Waals surface area contributed by atoms with E-state index in [2.05, 4.69) is 4.98 Å². The van der Waals surface area contributed by atoms with E-state index in [4.69, 9.17) is 5.11 Å². The predicted molar refractivity (Wildman–Crippen MR) is 48.5 cm³/mol. The van der Waals surface area contributed by atoms with Gasteiger partial charge in [0.15, 0.2) is 0 Å². The highest BCUT2D eigenvalue weighted by Gasteiger charge is 2.01. The van der Waals surface area contributed by atoms with Crippen LogP contribution in [0.5, 0.6) is 0 Å². The Bertz CT molecular complexity index is 286. The summed E-state index contributed by atoms with van der Waals surface area (Å²) in [6.45, 7) is 3.67. The van der Waals surface area contributed by atoms with Crippen LogP contribution >= 0.6 is 0 Å². The van der Waals surface area contributed by atoms with Crippen LogP contribution in [0.25, 0.3) is 5.57 Å². The zero-order valence-corrected chi connectivity index (χ0v) is 7.65. The van der Waals surface area contributed by atoms with E-state index in [1.807, 2.05) is 24.7 Å². The van der Waals surface area contributed by atoms with Gasteiger partial charge in [-0.3, -0.25) is 0 Å². The average molecular weight is 166 g/mol. The van der Waals surface area contributed by atoms with E-state index < -0.39 is 6.10 Å². The lowest BCUT2D eigenvalue weighted by Crippen LogP contribution is -1.99. The van der Waals surface area contributed by atoms with Crippen molar-refractivity contribution in [3.05, 3.63) is 24.3 Å². The number of aryl methyl sites for hydroxylation is 1. The SMILES string of the molecule is C/C(=C/C(C)O)c1nccn1C. The Kier molecular flexibility index (Phi) is 2.65. The number of imidazole rings is 1. The van der Waals surface area contributed by atoms with Crippen LogP contribution in [0.4, 0.5) is 0 Å². The molecule has 0 radical (unpaired) electrons. The lowest BCUT2D eigenvalue weighted by Gasteiger charge is -2.02. The third-order valence-corrected chi connectivity index (χ3v) is 1.67. The normalized spacial score (nSPS) is 14.8. The summed E-state index contributed by atoms with van der Waals surface area (Å²) in [5.74, 6) is 0.899. The molecular formula is C9H14N2O. The van der Waals surface area contributed by atoms with E-state index in [0.717, 1.165) is 11.4 Å². The van der Waals surface area contributed by atoms with Crippen LogP contribution in [-0.2, 0) is 7.05 Å². The fourth-order valence-corrected chi connectivity index (χ4v) is 1.18. The molecule has 0 aliphatic carbocycles. The molecule has 3 heteroatoms. The zero-order chi connectivity index (χ0) is 9.14. The molecule has 66 valence electrons. The molecule has 1 aromatic rings. The van der Waals surface area contributed by atoms with Gasteiger partial charge in [0.1, 0.15) is 5.82 Å². The van der Waals surface area contributed by atoms with Gasteiger partial charge in [-0.25, -0.2) is 4.98 Å². The minimum atomic E-state index is -0.415. The number of rotatable bonds is 2. The Morgan fingerprint density at radius 2 is 2.42 bits per heavy atom. The van der Waals surface area contributed by atoms with E-state index in [1.165, 1.54) is 0 Å². The smallest absolute Gasteiger partial charge is 0.135 e. The summed E-state index contributed by atoms with van der Waals surface area (Å²) in [6.07, 6.45) is 4.99. The summed E-state index contributed by atoms with van der Waals surface area (Å²) in [5, 5.41) is 9.10. The van der Waals surface area contributed by atoms with Gasteiger partial charge in [0.25, 0.3) is 0 Å². The molecule has 0 fully saturated rings. The number of hydrogen-bond donors (Lipinski definition) is 1. The van der Waals surface area contributed by atoms with Crippen molar-refractivity contribution < 1.29 is 5.11 Å². The van der Waals surface area contributed by atoms with Gasteiger partial charge in [-0.15, -0.1) is 0 Å². The number of nitrogens with zero attached hydrogens (tertiary/aromatic N) is 2. The molecule has 0 bridgehead atoms. The summed E-state index contributed by atoms with van der Waals surface area (Å²) >= 11 is 0. The second-order valence-electron chi connectivity index (χ2n) is 2.95. The molecule has 1 unspecified atom stereocenters. The first-order valence-corrected chi connectivity index (χ1v) is 3.95. The molecule has 0 aliphatic rings. The molecule has 0 aromatic carbocycles. The second kappa shape index (κ2) is 3.54. The van der Waals surface area contributed by atoms with Gasteiger partial charge in [-0.2, -0.15) is 0 Å². The lowest BCUT2D eigenvalue weighted by atomic mass is 10.2. The quantitative estimate of drug-likeness (QED) is 0.717. The summed E-state index contributed by atoms with van der Waals surface area (Å²) in [6, 6.07) is 0. The maximum Gasteiger partial charge on any atom is 0.135 e. The molecule has 1 heterocycles. The van der Waals surface area contributed by atoms with Gasteiger partial charge < -0.3 is 9.67 Å². The fourth-order valence-electron chi connectivity index (χ4n) is 1.18. The molecule has 0 aliphatic heterocycles. The summed E-state index contributed by atoms with van der Waals surface area (Å²) in [4.78, 5) is 4.15. The molecule has 3 nitrogen and oxygen atoms in total. The van der Waals surface area contributed by atoms with Gasteiger partial charge in [0.2, 0.25) is 0 Å². The zero-order valence-electron chi connectivity index (χ0n) is 7.65. The molecule has 1 rings (SSSR count). The molecule has 1 aromatic heterocycles. The molecule has 0 saturated carbocycles. The Morgan fingerprint density at radius 3 is 2.83 bits per heavy atom. The fraction of sp³-hybridized carbons (Fsp3) is 0.444. The van der Waals surface area contributed by atoms with E-state index in [0.29, 0.717) is 0 Å². The summed E-state index contributed by atoms with van der Waals surface area (Å²) < 4.78 is 1.92. The molecule has 1 atom stereocenters. The first-order valence-electron chi connectivity index (χ1n) is 3.95. The number of aliphatic hydroxyl groups excluding tert-OH is 1. The average Bonchev–Trinajstić information content (AvgIpc) is 2.33. The van der Waals surface area contributed by atoms with Crippen molar-refractivity contribution in [2.75, 3.05) is 0 Å². The topological polar surface area (TPSA) is 38.1 Å². The maximum absolute atomic E-state index is 9.10. The minimum absolute atomic E-state index is 0.415. The molecule has 12 heavy (non-hydrogen) atoms. The van der Waals surface area contributed by atoms with Crippen molar-refractivity contribution in [1.29, 1.82) is 0 Å². The first-order chi connectivity index (χ1) is 5.61. The van der Waals surface area contributed by atoms with E-state index in [1.54, 1.807) is 19.2 Å². The standard InChI is InChI=1S/C9H14N2O/c1-7(6-8(2)12)9-10-4-5-11(9)3/h4-6,8,12H,1-3H3/b7-6-. The van der Waals surface area contributed by atoms with Gasteiger partial charge in [-0.1, -0.05) is 0 Å².